The van der Waals surface area contributed by atoms with Crippen molar-refractivity contribution in [2.45, 2.75) is 32.2 Å². The lowest BCUT2D eigenvalue weighted by Gasteiger charge is -2.38. The SMILES string of the molecule is Cc1ncncc1C(=O)NC1(C)CCN(C)CC1. The zero-order chi connectivity index (χ0) is 13.2. The average Bonchev–Trinajstić information content (AvgIpc) is 2.34. The molecule has 0 aliphatic carbocycles. The second-order valence-electron chi connectivity index (χ2n) is 5.34. The number of piperidine rings is 1. The van der Waals surface area contributed by atoms with Gasteiger partial charge in [-0.25, -0.2) is 9.97 Å². The molecule has 98 valence electrons. The van der Waals surface area contributed by atoms with Crippen molar-refractivity contribution in [3.05, 3.63) is 23.8 Å². The van der Waals surface area contributed by atoms with E-state index in [-0.39, 0.29) is 11.4 Å². The predicted molar refractivity (Wildman–Crippen MR) is 69.4 cm³/mol. The molecule has 18 heavy (non-hydrogen) atoms. The molecule has 0 spiro atoms. The number of likely N-dealkylation sites (tertiary alicyclic amines) is 1. The summed E-state index contributed by atoms with van der Waals surface area (Å²) in [4.78, 5) is 22.5. The minimum Gasteiger partial charge on any atom is -0.347 e. The molecular formula is C13H20N4O. The van der Waals surface area contributed by atoms with Gasteiger partial charge in [-0.3, -0.25) is 4.79 Å². The minimum atomic E-state index is -0.119. The largest absolute Gasteiger partial charge is 0.347 e. The van der Waals surface area contributed by atoms with Gasteiger partial charge in [0.25, 0.3) is 5.91 Å². The van der Waals surface area contributed by atoms with Crippen molar-refractivity contribution >= 4 is 5.91 Å². The number of hydrogen-bond donors (Lipinski definition) is 1. The number of nitrogens with one attached hydrogen (secondary N) is 1. The Hall–Kier alpha value is -1.49. The van der Waals surface area contributed by atoms with Crippen LogP contribution in [0.25, 0.3) is 0 Å². The normalized spacial score (nSPS) is 19.5. The Morgan fingerprint density at radius 3 is 2.72 bits per heavy atom. The number of hydrogen-bond acceptors (Lipinski definition) is 4. The zero-order valence-electron chi connectivity index (χ0n) is 11.2. The fourth-order valence-electron chi connectivity index (χ4n) is 2.19. The molecule has 0 aromatic carbocycles. The molecule has 1 aliphatic rings. The first kappa shape index (κ1) is 13.0. The third-order valence-corrected chi connectivity index (χ3v) is 3.66. The van der Waals surface area contributed by atoms with E-state index in [1.54, 1.807) is 6.20 Å². The molecule has 1 fully saturated rings. The van der Waals surface area contributed by atoms with Crippen molar-refractivity contribution in [2.75, 3.05) is 20.1 Å². The van der Waals surface area contributed by atoms with E-state index in [4.69, 9.17) is 0 Å². The smallest absolute Gasteiger partial charge is 0.255 e. The van der Waals surface area contributed by atoms with Gasteiger partial charge in [0.2, 0.25) is 0 Å². The maximum Gasteiger partial charge on any atom is 0.255 e. The molecule has 1 aromatic heterocycles. The van der Waals surface area contributed by atoms with E-state index >= 15 is 0 Å². The van der Waals surface area contributed by atoms with Crippen LogP contribution in [0.2, 0.25) is 0 Å². The van der Waals surface area contributed by atoms with Gasteiger partial charge in [0, 0.05) is 24.8 Å². The highest BCUT2D eigenvalue weighted by Gasteiger charge is 2.30. The van der Waals surface area contributed by atoms with Crippen LogP contribution in [0.5, 0.6) is 0 Å². The van der Waals surface area contributed by atoms with Gasteiger partial charge in [-0.2, -0.15) is 0 Å². The Bertz CT molecular complexity index is 438. The molecule has 5 heteroatoms. The number of amides is 1. The summed E-state index contributed by atoms with van der Waals surface area (Å²) in [5.74, 6) is -0.0693. The Balaban J connectivity index is 2.06. The molecular weight excluding hydrogens is 228 g/mol. The lowest BCUT2D eigenvalue weighted by atomic mass is 9.89. The van der Waals surface area contributed by atoms with E-state index < -0.39 is 0 Å². The van der Waals surface area contributed by atoms with Gasteiger partial charge in [0.15, 0.2) is 0 Å². The fraction of sp³-hybridized carbons (Fsp3) is 0.615. The molecule has 0 unspecified atom stereocenters. The third kappa shape index (κ3) is 2.85. The van der Waals surface area contributed by atoms with Gasteiger partial charge in [0.1, 0.15) is 6.33 Å². The first-order valence-electron chi connectivity index (χ1n) is 6.28. The molecule has 0 bridgehead atoms. The summed E-state index contributed by atoms with van der Waals surface area (Å²) < 4.78 is 0. The van der Waals surface area contributed by atoms with Crippen LogP contribution in [-0.2, 0) is 0 Å². The van der Waals surface area contributed by atoms with E-state index in [0.29, 0.717) is 5.56 Å². The van der Waals surface area contributed by atoms with E-state index in [1.807, 2.05) is 6.92 Å². The summed E-state index contributed by atoms with van der Waals surface area (Å²) in [5.41, 5.74) is 1.17. The highest BCUT2D eigenvalue weighted by Crippen LogP contribution is 2.21. The fourth-order valence-corrected chi connectivity index (χ4v) is 2.19. The van der Waals surface area contributed by atoms with Gasteiger partial charge in [-0.05, 0) is 33.7 Å². The molecule has 1 saturated heterocycles. The van der Waals surface area contributed by atoms with E-state index in [9.17, 15) is 4.79 Å². The van der Waals surface area contributed by atoms with Crippen LogP contribution in [0, 0.1) is 6.92 Å². The molecule has 0 radical (unpaired) electrons. The van der Waals surface area contributed by atoms with Crippen LogP contribution in [0.1, 0.15) is 35.8 Å². The van der Waals surface area contributed by atoms with Crippen molar-refractivity contribution in [1.82, 2.24) is 20.2 Å². The number of nitrogens with zero attached hydrogens (tertiary/aromatic N) is 3. The summed E-state index contributed by atoms with van der Waals surface area (Å²) in [5, 5.41) is 3.13. The van der Waals surface area contributed by atoms with Gasteiger partial charge in [0.05, 0.1) is 11.3 Å². The van der Waals surface area contributed by atoms with Crippen molar-refractivity contribution in [3.63, 3.8) is 0 Å². The van der Waals surface area contributed by atoms with Crippen molar-refractivity contribution in [2.24, 2.45) is 0 Å². The van der Waals surface area contributed by atoms with Crippen molar-refractivity contribution < 1.29 is 4.79 Å². The molecule has 1 aliphatic heterocycles. The molecule has 1 N–H and O–H groups in total. The summed E-state index contributed by atoms with van der Waals surface area (Å²) in [6.07, 6.45) is 4.99. The lowest BCUT2D eigenvalue weighted by Crippen LogP contribution is -2.52. The summed E-state index contributed by atoms with van der Waals surface area (Å²) in [7, 11) is 2.11. The highest BCUT2D eigenvalue weighted by molar-refractivity contribution is 5.95. The van der Waals surface area contributed by atoms with Gasteiger partial charge >= 0.3 is 0 Å². The quantitative estimate of drug-likeness (QED) is 0.848. The molecule has 1 aromatic rings. The number of aromatic nitrogens is 2. The van der Waals surface area contributed by atoms with Gasteiger partial charge in [-0.15, -0.1) is 0 Å². The van der Waals surface area contributed by atoms with E-state index in [0.717, 1.165) is 31.6 Å². The maximum absolute atomic E-state index is 12.2. The number of carbonyl (C=O) groups excluding carboxylic acids is 1. The van der Waals surface area contributed by atoms with Crippen LogP contribution in [0.15, 0.2) is 12.5 Å². The van der Waals surface area contributed by atoms with Crippen LogP contribution < -0.4 is 5.32 Å². The Morgan fingerprint density at radius 2 is 2.11 bits per heavy atom. The third-order valence-electron chi connectivity index (χ3n) is 3.66. The minimum absolute atomic E-state index is 0.0693. The van der Waals surface area contributed by atoms with Crippen LogP contribution in [-0.4, -0.2) is 46.5 Å². The number of aryl methyl sites for hydroxylation is 1. The molecule has 5 nitrogen and oxygen atoms in total. The van der Waals surface area contributed by atoms with Gasteiger partial charge in [-0.1, -0.05) is 0 Å². The van der Waals surface area contributed by atoms with Crippen LogP contribution >= 0.6 is 0 Å². The lowest BCUT2D eigenvalue weighted by molar-refractivity contribution is 0.0850. The first-order valence-corrected chi connectivity index (χ1v) is 6.28. The molecule has 0 saturated carbocycles. The zero-order valence-corrected chi connectivity index (χ0v) is 11.2. The average molecular weight is 248 g/mol. The Labute approximate surface area is 108 Å². The standard InChI is InChI=1S/C13H20N4O/c1-10-11(8-14-9-15-10)12(18)16-13(2)4-6-17(3)7-5-13/h8-9H,4-7H2,1-3H3,(H,16,18). The number of carbonyl (C=O) groups is 1. The Kier molecular flexibility index (Phi) is 3.61. The predicted octanol–water partition coefficient (Wildman–Crippen LogP) is 0.999. The Morgan fingerprint density at radius 1 is 1.44 bits per heavy atom. The second-order valence-corrected chi connectivity index (χ2v) is 5.34. The van der Waals surface area contributed by atoms with Crippen LogP contribution in [0.3, 0.4) is 0 Å². The molecule has 0 atom stereocenters. The summed E-state index contributed by atoms with van der Waals surface area (Å²) in [6.45, 7) is 5.96. The maximum atomic E-state index is 12.2. The highest BCUT2D eigenvalue weighted by atomic mass is 16.1. The topological polar surface area (TPSA) is 58.1 Å². The monoisotopic (exact) mass is 248 g/mol. The van der Waals surface area contributed by atoms with Crippen molar-refractivity contribution in [3.8, 4) is 0 Å². The molecule has 1 amide bonds. The van der Waals surface area contributed by atoms with Gasteiger partial charge < -0.3 is 10.2 Å². The van der Waals surface area contributed by atoms with Crippen LogP contribution in [0.4, 0.5) is 0 Å². The molecule has 2 rings (SSSR count). The van der Waals surface area contributed by atoms with E-state index in [2.05, 4.69) is 34.2 Å². The van der Waals surface area contributed by atoms with E-state index in [1.165, 1.54) is 6.33 Å². The van der Waals surface area contributed by atoms with Crippen molar-refractivity contribution in [1.29, 1.82) is 0 Å². The first-order chi connectivity index (χ1) is 8.50. The molecule has 2 heterocycles. The summed E-state index contributed by atoms with van der Waals surface area (Å²) >= 11 is 0. The summed E-state index contributed by atoms with van der Waals surface area (Å²) in [6, 6.07) is 0. The number of rotatable bonds is 2. The second kappa shape index (κ2) is 5.02.